The number of halogens is 5. The number of aryl methyl sites for hydroxylation is 1. The molecule has 1 amide bonds. The van der Waals surface area contributed by atoms with Crippen LogP contribution in [0, 0.1) is 0 Å². The molecule has 0 saturated heterocycles. The van der Waals surface area contributed by atoms with E-state index in [1.165, 1.54) is 6.07 Å². The summed E-state index contributed by atoms with van der Waals surface area (Å²) >= 11 is 11.4. The van der Waals surface area contributed by atoms with Crippen LogP contribution < -0.4 is 11.1 Å². The number of benzene rings is 1. The number of ether oxygens (including phenoxy) is 1. The maximum atomic E-state index is 12.9. The van der Waals surface area contributed by atoms with Crippen LogP contribution in [0.15, 0.2) is 24.5 Å². The minimum absolute atomic E-state index is 0.0230. The van der Waals surface area contributed by atoms with Crippen molar-refractivity contribution in [2.45, 2.75) is 32.1 Å². The zero-order chi connectivity index (χ0) is 22.6. The Morgan fingerprint density at radius 3 is 2.74 bits per heavy atom. The van der Waals surface area contributed by atoms with Crippen molar-refractivity contribution in [3.05, 3.63) is 46.0 Å². The molecule has 0 atom stereocenters. The van der Waals surface area contributed by atoms with E-state index < -0.39 is 22.9 Å². The van der Waals surface area contributed by atoms with Crippen molar-refractivity contribution in [1.82, 2.24) is 24.8 Å². The number of amides is 1. The van der Waals surface area contributed by atoms with E-state index in [1.54, 1.807) is 10.9 Å². The Morgan fingerprint density at radius 1 is 1.23 bits per heavy atom. The minimum Gasteiger partial charge on any atom is -0.450 e. The van der Waals surface area contributed by atoms with Gasteiger partial charge in [0.1, 0.15) is 5.52 Å². The van der Waals surface area contributed by atoms with Gasteiger partial charge in [-0.1, -0.05) is 17.7 Å². The predicted molar refractivity (Wildman–Crippen MR) is 109 cm³/mol. The molecule has 1 aromatic carbocycles. The molecule has 3 rings (SSSR count). The summed E-state index contributed by atoms with van der Waals surface area (Å²) in [6.07, 6.45) is -2.55. The van der Waals surface area contributed by atoms with E-state index in [4.69, 9.17) is 33.7 Å². The topological polar surface area (TPSA) is 108 Å². The highest BCUT2D eigenvalue weighted by Gasteiger charge is 2.33. The van der Waals surface area contributed by atoms with Crippen LogP contribution in [0.2, 0.25) is 10.3 Å². The number of alkyl halides is 3. The molecule has 0 unspecified atom stereocenters. The number of fused-ring (bicyclic) bond motifs is 1. The number of hydrogen-bond donors (Lipinski definition) is 2. The maximum Gasteiger partial charge on any atom is 0.417 e. The molecule has 2 heterocycles. The summed E-state index contributed by atoms with van der Waals surface area (Å²) < 4.78 is 45.4. The minimum atomic E-state index is -4.57. The highest BCUT2D eigenvalue weighted by Crippen LogP contribution is 2.35. The summed E-state index contributed by atoms with van der Waals surface area (Å²) in [6.45, 7) is 0.548. The van der Waals surface area contributed by atoms with Gasteiger partial charge in [-0.3, -0.25) is 0 Å². The van der Waals surface area contributed by atoms with Gasteiger partial charge in [0.05, 0.1) is 23.5 Å². The molecule has 3 aromatic rings. The lowest BCUT2D eigenvalue weighted by molar-refractivity contribution is -0.137. The Bertz CT molecular complexity index is 1090. The van der Waals surface area contributed by atoms with Crippen LogP contribution in [0.25, 0.3) is 11.2 Å². The largest absolute Gasteiger partial charge is 0.450 e. The number of alkyl carbamates (subject to hydrolysis) is 1. The summed E-state index contributed by atoms with van der Waals surface area (Å²) in [7, 11) is 0. The van der Waals surface area contributed by atoms with Crippen LogP contribution >= 0.6 is 23.2 Å². The smallest absolute Gasteiger partial charge is 0.417 e. The van der Waals surface area contributed by atoms with E-state index >= 15 is 0 Å². The van der Waals surface area contributed by atoms with E-state index in [1.807, 2.05) is 0 Å². The van der Waals surface area contributed by atoms with Crippen LogP contribution in [-0.2, 0) is 24.0 Å². The standard InChI is InChI=1S/C18H17Cl2F3N6O2/c19-12-4-3-10(7-11(12)18(21,22)23)8-25-17(30)31-6-2-1-5-29-9-26-13-14(24)27-16(20)28-15(13)29/h3-4,7,9H,1-2,5-6,8H2,(H,25,30)(H2,24,27,28). The van der Waals surface area contributed by atoms with Gasteiger partial charge in [0.25, 0.3) is 0 Å². The van der Waals surface area contributed by atoms with Gasteiger partial charge < -0.3 is 20.4 Å². The summed E-state index contributed by atoms with van der Waals surface area (Å²) in [5.41, 5.74) is 6.01. The number of unbranched alkanes of at least 4 members (excludes halogenated alkanes) is 1. The van der Waals surface area contributed by atoms with Crippen molar-refractivity contribution in [1.29, 1.82) is 0 Å². The number of anilines is 1. The number of imidazole rings is 1. The van der Waals surface area contributed by atoms with Gasteiger partial charge in [-0.15, -0.1) is 0 Å². The molecule has 2 aromatic heterocycles. The van der Waals surface area contributed by atoms with Gasteiger partial charge in [0.2, 0.25) is 5.28 Å². The van der Waals surface area contributed by atoms with E-state index in [0.29, 0.717) is 30.6 Å². The van der Waals surface area contributed by atoms with Crippen LogP contribution in [0.4, 0.5) is 23.8 Å². The van der Waals surface area contributed by atoms with E-state index in [2.05, 4.69) is 20.3 Å². The number of nitrogen functional groups attached to an aromatic ring is 1. The average Bonchev–Trinajstić information content (AvgIpc) is 3.09. The van der Waals surface area contributed by atoms with Gasteiger partial charge >= 0.3 is 12.3 Å². The Balaban J connectivity index is 1.41. The third kappa shape index (κ3) is 5.88. The third-order valence-corrected chi connectivity index (χ3v) is 4.76. The Labute approximate surface area is 184 Å². The van der Waals surface area contributed by atoms with Crippen molar-refractivity contribution >= 4 is 46.3 Å². The zero-order valence-corrected chi connectivity index (χ0v) is 17.4. The molecule has 0 aliphatic heterocycles. The molecule has 0 radical (unpaired) electrons. The number of carbonyl (C=O) groups excluding carboxylic acids is 1. The van der Waals surface area contributed by atoms with Gasteiger partial charge in [-0.2, -0.15) is 23.1 Å². The molecule has 0 aliphatic carbocycles. The van der Waals surface area contributed by atoms with E-state index in [-0.39, 0.29) is 29.8 Å². The first-order chi connectivity index (χ1) is 14.6. The van der Waals surface area contributed by atoms with Crippen LogP contribution in [0.3, 0.4) is 0 Å². The average molecular weight is 477 g/mol. The van der Waals surface area contributed by atoms with Gasteiger partial charge in [-0.05, 0) is 42.1 Å². The second kappa shape index (κ2) is 9.56. The first-order valence-corrected chi connectivity index (χ1v) is 9.81. The van der Waals surface area contributed by atoms with Crippen molar-refractivity contribution in [3.63, 3.8) is 0 Å². The molecule has 13 heteroatoms. The molecule has 3 N–H and O–H groups in total. The van der Waals surface area contributed by atoms with Gasteiger partial charge in [-0.25, -0.2) is 9.78 Å². The molecule has 0 aliphatic rings. The highest BCUT2D eigenvalue weighted by molar-refractivity contribution is 6.31. The number of rotatable bonds is 7. The molecular formula is C18H17Cl2F3N6O2. The SMILES string of the molecule is Nc1nc(Cl)nc2c1ncn2CCCCOC(=O)NCc1ccc(Cl)c(C(F)(F)F)c1. The monoisotopic (exact) mass is 476 g/mol. The summed E-state index contributed by atoms with van der Waals surface area (Å²) in [4.78, 5) is 23.8. The normalized spacial score (nSPS) is 11.6. The number of nitrogens with one attached hydrogen (secondary N) is 1. The second-order valence-corrected chi connectivity index (χ2v) is 7.24. The van der Waals surface area contributed by atoms with Crippen LogP contribution in [0.5, 0.6) is 0 Å². The molecule has 8 nitrogen and oxygen atoms in total. The molecule has 31 heavy (non-hydrogen) atoms. The first-order valence-electron chi connectivity index (χ1n) is 9.05. The Hall–Kier alpha value is -2.79. The zero-order valence-electron chi connectivity index (χ0n) is 15.9. The Morgan fingerprint density at radius 2 is 2.00 bits per heavy atom. The fourth-order valence-corrected chi connectivity index (χ4v) is 3.17. The highest BCUT2D eigenvalue weighted by atomic mass is 35.5. The summed E-state index contributed by atoms with van der Waals surface area (Å²) in [5.74, 6) is 0.191. The maximum absolute atomic E-state index is 12.9. The third-order valence-electron chi connectivity index (χ3n) is 4.26. The predicted octanol–water partition coefficient (Wildman–Crippen LogP) is 4.44. The molecule has 0 bridgehead atoms. The number of carbonyl (C=O) groups is 1. The fourth-order valence-electron chi connectivity index (χ4n) is 2.78. The molecule has 0 spiro atoms. The van der Waals surface area contributed by atoms with Crippen molar-refractivity contribution < 1.29 is 22.7 Å². The van der Waals surface area contributed by atoms with Crippen molar-refractivity contribution in [3.8, 4) is 0 Å². The first kappa shape index (κ1) is 22.9. The lowest BCUT2D eigenvalue weighted by Crippen LogP contribution is -2.24. The lowest BCUT2D eigenvalue weighted by atomic mass is 10.1. The van der Waals surface area contributed by atoms with Crippen LogP contribution in [-0.4, -0.2) is 32.2 Å². The van der Waals surface area contributed by atoms with E-state index in [0.717, 1.165) is 12.1 Å². The van der Waals surface area contributed by atoms with Crippen molar-refractivity contribution in [2.75, 3.05) is 12.3 Å². The van der Waals surface area contributed by atoms with Crippen molar-refractivity contribution in [2.24, 2.45) is 0 Å². The molecule has 166 valence electrons. The molecular weight excluding hydrogens is 460 g/mol. The quantitative estimate of drug-likeness (QED) is 0.385. The summed E-state index contributed by atoms with van der Waals surface area (Å²) in [5, 5.41) is 2.03. The second-order valence-electron chi connectivity index (χ2n) is 6.50. The molecule has 0 fully saturated rings. The van der Waals surface area contributed by atoms with Gasteiger partial charge in [0, 0.05) is 13.1 Å². The lowest BCUT2D eigenvalue weighted by Gasteiger charge is -2.12. The molecule has 0 saturated carbocycles. The van der Waals surface area contributed by atoms with Crippen LogP contribution in [0.1, 0.15) is 24.0 Å². The Kier molecular flexibility index (Phi) is 7.06. The summed E-state index contributed by atoms with van der Waals surface area (Å²) in [6, 6.07) is 3.43. The fraction of sp³-hybridized carbons (Fsp3) is 0.333. The number of nitrogens with zero attached hydrogens (tertiary/aromatic N) is 4. The number of nitrogens with two attached hydrogens (primary N) is 1. The number of hydrogen-bond acceptors (Lipinski definition) is 6. The van der Waals surface area contributed by atoms with E-state index in [9.17, 15) is 18.0 Å². The van der Waals surface area contributed by atoms with Gasteiger partial charge in [0.15, 0.2) is 11.5 Å². The number of aromatic nitrogens is 4.